The highest BCUT2D eigenvalue weighted by Gasteiger charge is 2.47. The number of carbonyl (C=O) groups excluding carboxylic acids is 15. The number of carboxylic acids is 2. The molecule has 0 saturated carbocycles. The number of rotatable bonds is 50. The van der Waals surface area contributed by atoms with Gasteiger partial charge in [0.1, 0.15) is 90.0 Å². The number of amides is 15. The molecule has 674 valence electrons. The number of primary amides is 1. The van der Waals surface area contributed by atoms with E-state index >= 15 is 19.2 Å². The second-order valence-corrected chi connectivity index (χ2v) is 31.8. The zero-order valence-corrected chi connectivity index (χ0v) is 70.1. The molecule has 3 heterocycles. The minimum atomic E-state index is -1.98. The molecule has 15 amide bonds. The molecule has 0 bridgehead atoms. The van der Waals surface area contributed by atoms with Crippen molar-refractivity contribution < 1.29 is 102 Å². The number of aliphatic carboxylic acids is 2. The quantitative estimate of drug-likeness (QED) is 0.0177. The van der Waals surface area contributed by atoms with E-state index in [0.717, 1.165) is 11.8 Å². The molecule has 3 aliphatic rings. The van der Waals surface area contributed by atoms with Gasteiger partial charge in [0, 0.05) is 58.8 Å². The summed E-state index contributed by atoms with van der Waals surface area (Å²) < 4.78 is 0. The fourth-order valence-electron chi connectivity index (χ4n) is 14.5. The Balaban J connectivity index is 1.46. The molecule has 42 heteroatoms. The number of likely N-dealkylation sites (tertiary alicyclic amines) is 2. The van der Waals surface area contributed by atoms with Gasteiger partial charge in [0.05, 0.1) is 6.42 Å². The molecule has 3 fully saturated rings. The predicted octanol–water partition coefficient (Wildman–Crippen LogP) is -3.13. The van der Waals surface area contributed by atoms with E-state index in [0.29, 0.717) is 22.4 Å². The van der Waals surface area contributed by atoms with Gasteiger partial charge in [0.25, 0.3) is 5.91 Å². The summed E-state index contributed by atoms with van der Waals surface area (Å²) in [5.74, 6) is -19.1. The van der Waals surface area contributed by atoms with Gasteiger partial charge < -0.3 is 117 Å². The number of nitrogens with one attached hydrogen (secondary N) is 14. The molecule has 3 aliphatic heterocycles. The molecule has 0 aromatic heterocycles. The maximum Gasteiger partial charge on any atom is 0.326 e. The normalized spacial score (nSPS) is 17.6. The van der Waals surface area contributed by atoms with Gasteiger partial charge >= 0.3 is 11.9 Å². The number of nitrogens with zero attached hydrogens (tertiary/aromatic N) is 3. The minimum Gasteiger partial charge on any atom is -0.508 e. The van der Waals surface area contributed by atoms with E-state index in [2.05, 4.69) is 63.8 Å². The van der Waals surface area contributed by atoms with Crippen molar-refractivity contribution in [2.45, 2.75) is 262 Å². The first kappa shape index (κ1) is 100. The number of phenolic OH excluding ortho intramolecular Hbond substituents is 2. The minimum absolute atomic E-state index is 0.0137. The lowest BCUT2D eigenvalue weighted by molar-refractivity contribution is -0.157. The molecule has 0 spiro atoms. The van der Waals surface area contributed by atoms with Crippen LogP contribution in [0.3, 0.4) is 0 Å². The van der Waals surface area contributed by atoms with Crippen molar-refractivity contribution in [1.29, 1.82) is 10.8 Å². The van der Waals surface area contributed by atoms with E-state index in [1.54, 1.807) is 41.5 Å². The molecule has 26 N–H and O–H groups in total. The van der Waals surface area contributed by atoms with Crippen LogP contribution in [0.25, 0.3) is 0 Å². The lowest BCUT2D eigenvalue weighted by Crippen LogP contribution is -2.62. The molecule has 2 aromatic carbocycles. The van der Waals surface area contributed by atoms with Crippen LogP contribution in [0.1, 0.15) is 182 Å². The van der Waals surface area contributed by atoms with Crippen LogP contribution in [0.15, 0.2) is 48.5 Å². The summed E-state index contributed by atoms with van der Waals surface area (Å²) in [5.41, 5.74) is 23.6. The van der Waals surface area contributed by atoms with Gasteiger partial charge in [0.15, 0.2) is 11.9 Å². The number of carbonyl (C=O) groups is 17. The summed E-state index contributed by atoms with van der Waals surface area (Å²) in [7, 11) is 0. The lowest BCUT2D eigenvalue weighted by Gasteiger charge is -2.36. The SMILES string of the molecule is CCC(C)C(NC(=O)C(Cc1ccc(O)cc1)NC(=O)C1CCCN1C(=O)C(CCCNC(=N)N)NC(=O)C(CCCNC(=N)N)N(C(C)=O)C(=O)C1CCCN1C(=O)C(CCCCN)NC(=O)C(CC(N)=O)NC(=O)C(CCC(=O)O)NC(=O)C(Cc1ccc(O)cc1)NC(=O)C(CC(C)C)NC(=O)C1CCC(=O)N1)C(=O)NC(CC(C)C)C(=O)O. The smallest absolute Gasteiger partial charge is 0.326 e. The number of benzene rings is 2. The first-order valence-electron chi connectivity index (χ1n) is 41.2. The van der Waals surface area contributed by atoms with Gasteiger partial charge in [-0.2, -0.15) is 0 Å². The van der Waals surface area contributed by atoms with Crippen molar-refractivity contribution in [2.24, 2.45) is 40.7 Å². The summed E-state index contributed by atoms with van der Waals surface area (Å²) in [6, 6.07) is -8.54. The highest BCUT2D eigenvalue weighted by Crippen LogP contribution is 2.27. The maximum absolute atomic E-state index is 15.5. The van der Waals surface area contributed by atoms with E-state index in [9.17, 15) is 82.8 Å². The zero-order chi connectivity index (χ0) is 90.8. The van der Waals surface area contributed by atoms with Crippen molar-refractivity contribution in [1.82, 2.24) is 78.5 Å². The van der Waals surface area contributed by atoms with Gasteiger partial charge in [-0.1, -0.05) is 72.2 Å². The average Bonchev–Trinajstić information content (AvgIpc) is 1.62. The fraction of sp³-hybridized carbons (Fsp3) is 0.613. The predicted molar refractivity (Wildman–Crippen MR) is 441 cm³/mol. The highest BCUT2D eigenvalue weighted by molar-refractivity contribution is 6.05. The van der Waals surface area contributed by atoms with Crippen LogP contribution in [0, 0.1) is 28.6 Å². The van der Waals surface area contributed by atoms with Crippen LogP contribution in [0.4, 0.5) is 0 Å². The van der Waals surface area contributed by atoms with Crippen LogP contribution >= 0.6 is 0 Å². The molecule has 14 unspecified atom stereocenters. The van der Waals surface area contributed by atoms with Gasteiger partial charge in [-0.3, -0.25) is 92.4 Å². The van der Waals surface area contributed by atoms with E-state index < -0.39 is 210 Å². The van der Waals surface area contributed by atoms with Gasteiger partial charge in [-0.05, 0) is 156 Å². The standard InChI is InChI=1S/C80H123N21O21/c1-8-44(6)65(74(117)97-58(78(121)122)38-43(4)5)98-71(114)56(40-47-22-26-49(104)27-23-47)96-72(115)59-18-13-35-99(59)75(118)53(16-11-33-87-79(83)84)92-73(116)60(17-12-34-88-80(85)86)101(45(7)102)77(120)61-19-14-36-100(61)76(119)52(15-9-10-32-81)91-70(113)57(41-62(82)105)95-67(110)51(29-31-64(107)108)90-69(112)55(39-46-20-24-48(103)25-21-46)94-68(111)54(37-42(2)3)93-66(109)50-28-30-63(106)89-50/h20-27,42-44,50-61,65,103-104H,8-19,28-41,81H2,1-7H3,(H2,82,105)(H,89,106)(H,90,112)(H,91,113)(H,92,116)(H,93,109)(H,94,111)(H,95,110)(H,96,115)(H,97,117)(H,98,114)(H,107,108)(H,121,122)(H4,83,84,87)(H4,85,86,88). The molecule has 2 aromatic rings. The number of guanidine groups is 2. The molecule has 0 radical (unpaired) electrons. The topological polar surface area (TPSA) is 677 Å². The number of hydrogen-bond donors (Lipinski definition) is 22. The molecule has 122 heavy (non-hydrogen) atoms. The molecular weight excluding hydrogens is 1590 g/mol. The monoisotopic (exact) mass is 1710 g/mol. The summed E-state index contributed by atoms with van der Waals surface area (Å²) >= 11 is 0. The van der Waals surface area contributed by atoms with Crippen LogP contribution < -0.4 is 86.7 Å². The molecule has 14 atom stereocenters. The third kappa shape index (κ3) is 32.4. The van der Waals surface area contributed by atoms with E-state index in [4.69, 9.17) is 33.8 Å². The molecule has 0 aliphatic carbocycles. The van der Waals surface area contributed by atoms with Crippen molar-refractivity contribution in [3.05, 3.63) is 59.7 Å². The molecule has 3 saturated heterocycles. The molecule has 5 rings (SSSR count). The Labute approximate surface area is 707 Å². The largest absolute Gasteiger partial charge is 0.508 e. The Hall–Kier alpha value is -12.3. The summed E-state index contributed by atoms with van der Waals surface area (Å²) in [4.78, 5) is 243. The fourth-order valence-corrected chi connectivity index (χ4v) is 14.5. The molecular formula is C80H123N21O21. The summed E-state index contributed by atoms with van der Waals surface area (Å²) in [6.07, 6.45) is -2.65. The van der Waals surface area contributed by atoms with Crippen LogP contribution in [0.5, 0.6) is 11.5 Å². The first-order valence-corrected chi connectivity index (χ1v) is 41.2. The van der Waals surface area contributed by atoms with Crippen LogP contribution in [-0.4, -0.2) is 259 Å². The Morgan fingerprint density at radius 3 is 1.48 bits per heavy atom. The Bertz CT molecular complexity index is 4040. The number of carboxylic acid groups (broad SMARTS) is 2. The Morgan fingerprint density at radius 1 is 0.525 bits per heavy atom. The number of phenols is 2. The number of nitrogens with two attached hydrogens (primary N) is 4. The third-order valence-corrected chi connectivity index (χ3v) is 21.1. The van der Waals surface area contributed by atoms with Crippen LogP contribution in [-0.2, 0) is 94.3 Å². The van der Waals surface area contributed by atoms with Crippen molar-refractivity contribution >= 4 is 112 Å². The zero-order valence-electron chi connectivity index (χ0n) is 70.1. The van der Waals surface area contributed by atoms with Gasteiger partial charge in [-0.15, -0.1) is 0 Å². The lowest BCUT2D eigenvalue weighted by atomic mass is 9.96. The second kappa shape index (κ2) is 49.5. The third-order valence-electron chi connectivity index (χ3n) is 21.1. The first-order chi connectivity index (χ1) is 57.6. The van der Waals surface area contributed by atoms with E-state index in [1.165, 1.54) is 53.4 Å². The Morgan fingerprint density at radius 2 is 0.975 bits per heavy atom. The van der Waals surface area contributed by atoms with Gasteiger partial charge in [0.2, 0.25) is 82.7 Å². The summed E-state index contributed by atoms with van der Waals surface area (Å²) in [5, 5.41) is 86.7. The Kier molecular flexibility index (Phi) is 40.7. The number of hydrogen-bond acceptors (Lipinski definition) is 22. The summed E-state index contributed by atoms with van der Waals surface area (Å²) in [6.45, 7) is 11.1. The van der Waals surface area contributed by atoms with E-state index in [1.807, 2.05) is 0 Å². The van der Waals surface area contributed by atoms with Crippen molar-refractivity contribution in [2.75, 3.05) is 32.7 Å². The number of aromatic hydroxyl groups is 2. The van der Waals surface area contributed by atoms with Crippen molar-refractivity contribution in [3.63, 3.8) is 0 Å². The number of imide groups is 1. The average molecular weight is 1710 g/mol. The van der Waals surface area contributed by atoms with Crippen molar-refractivity contribution in [3.8, 4) is 11.5 Å². The number of unbranched alkanes of at least 4 members (excludes halogenated alkanes) is 1. The van der Waals surface area contributed by atoms with Gasteiger partial charge in [-0.25, -0.2) is 4.79 Å². The second-order valence-electron chi connectivity index (χ2n) is 31.8. The maximum atomic E-state index is 15.5. The highest BCUT2D eigenvalue weighted by atomic mass is 16.4. The molecule has 42 nitrogen and oxygen atoms in total. The van der Waals surface area contributed by atoms with E-state index in [-0.39, 0.29) is 171 Å². The van der Waals surface area contributed by atoms with Crippen LogP contribution in [0.2, 0.25) is 0 Å².